The van der Waals surface area contributed by atoms with Gasteiger partial charge in [-0.2, -0.15) is 20.4 Å². The number of carbonyl (C=O) groups is 4. The first kappa shape index (κ1) is 82.7. The Morgan fingerprint density at radius 1 is 0.386 bits per heavy atom. The van der Waals surface area contributed by atoms with Crippen molar-refractivity contribution in [2.24, 2.45) is 17.8 Å². The molecule has 0 aromatic carbocycles. The maximum absolute atomic E-state index is 12.6. The van der Waals surface area contributed by atoms with E-state index in [9.17, 15) is 19.2 Å². The molecule has 0 spiro atoms. The minimum absolute atomic E-state index is 0.0350. The van der Waals surface area contributed by atoms with Crippen molar-refractivity contribution in [3.05, 3.63) is 218 Å². The molecule has 0 unspecified atom stereocenters. The van der Waals surface area contributed by atoms with Crippen LogP contribution >= 0.6 is 0 Å². The van der Waals surface area contributed by atoms with Gasteiger partial charge in [0.25, 0.3) is 0 Å². The zero-order valence-corrected chi connectivity index (χ0v) is 70.1. The van der Waals surface area contributed by atoms with Crippen LogP contribution in [0.1, 0.15) is 47.0 Å². The first-order chi connectivity index (χ1) is 64.4. The van der Waals surface area contributed by atoms with Gasteiger partial charge < -0.3 is 50.8 Å². The van der Waals surface area contributed by atoms with Crippen LogP contribution in [0.5, 0.6) is 0 Å². The SMILES string of the molecule is [C-]#[N+]c1cncc2[nH]c(-c3[nH]nc4ncc(-c5cncc(NC(=O)C(C)C)c5)cc34)nc12.[C-]#[N+]c1cncc2[nH]c(-c3[nH]nc4ncc(-c5cncc(NC(=O)C6CC6)c5)cc34)nc12.[C-]#[N+]c1cncc2[nH]c(-c3[nH]nc4ncc(-c5cncc(NC(=O)CC(C)C)c5)cc34)nc12.[C-]#[N+]c1cncc2[nH]c(-c3[nH]nc4ncc(-c5cncc(NC(=O)N6CCOCC6)c5)cc34)nc12. The fraction of sp³-hybridized carbons (Fsp3) is 0.156. The van der Waals surface area contributed by atoms with E-state index in [0.717, 1.165) is 78.9 Å². The number of hydrogen-bond acceptors (Lipinski definition) is 25. The summed E-state index contributed by atoms with van der Waals surface area (Å²) in [5.41, 5.74) is 20.1. The number of carbonyl (C=O) groups excluding carboxylic acids is 4. The normalized spacial score (nSPS) is 12.4. The van der Waals surface area contributed by atoms with Crippen LogP contribution in [0.4, 0.5) is 50.3 Å². The van der Waals surface area contributed by atoms with Gasteiger partial charge in [-0.15, -0.1) is 0 Å². The highest BCUT2D eigenvalue weighted by atomic mass is 16.5. The molecule has 1 saturated carbocycles. The smallest absolute Gasteiger partial charge is 0.322 e. The second-order valence-electron chi connectivity index (χ2n) is 31.2. The van der Waals surface area contributed by atoms with Gasteiger partial charge in [0, 0.05) is 175 Å². The number of urea groups is 1. The van der Waals surface area contributed by atoms with Crippen molar-refractivity contribution in [2.75, 3.05) is 47.6 Å². The lowest BCUT2D eigenvalue weighted by Crippen LogP contribution is -2.43. The van der Waals surface area contributed by atoms with E-state index in [-0.39, 0.29) is 41.5 Å². The van der Waals surface area contributed by atoms with E-state index in [1.807, 2.05) is 76.2 Å². The first-order valence-electron chi connectivity index (χ1n) is 41.0. The van der Waals surface area contributed by atoms with Crippen LogP contribution in [-0.2, 0) is 19.1 Å². The zero-order valence-electron chi connectivity index (χ0n) is 70.1. The quantitative estimate of drug-likeness (QED) is 0.0400. The molecular weight excluding hydrogens is 1680 g/mol. The number of hydrogen-bond donors (Lipinski definition) is 12. The number of morpholine rings is 1. The predicted octanol–water partition coefficient (Wildman–Crippen LogP) is 15.8. The fourth-order valence-electron chi connectivity index (χ4n) is 14.5. The molecule has 2 fully saturated rings. The topological polar surface area (TPSA) is 530 Å². The molecule has 5 amide bonds. The molecule has 0 bridgehead atoms. The summed E-state index contributed by atoms with van der Waals surface area (Å²) in [4.78, 5) is 147. The number of nitrogens with zero attached hydrogens (tertiary/aromatic N) is 25. The van der Waals surface area contributed by atoms with Gasteiger partial charge in [0.15, 0.2) is 45.9 Å². The minimum atomic E-state index is -0.184. The lowest BCUT2D eigenvalue weighted by molar-refractivity contribution is -0.119. The number of pyridine rings is 12. The van der Waals surface area contributed by atoms with Crippen LogP contribution in [-0.4, -0.2) is 195 Å². The standard InChI is InChI=1S/C23H18N10O2.C23H19N9O.C22H15N9O.C22H17N9O/c1-24-17-11-26-12-18-20(17)30-22(29-18)19-16-7-14(9-27-21(16)32-31-19)13-6-15(10-25-8-13)28-23(34)33-2-4-35-5-3-33;1-12(2)4-19(33)28-15-5-13(7-25-9-15)14-6-16-20(31-32-22(16)27-8-14)23-29-18-11-26-10-17(24-3)21(18)30-23;1-23-16-9-25-10-17-19(16)29-21(28-17)18-15-5-13(7-26-20(15)31-30-18)12-4-14(8-24-6-12)27-22(32)11-2-3-11;1-11(2)22(32)27-14-4-12(6-24-8-14)13-5-15-18(30-31-20(15)26-7-13)21-28-17-10-25-9-16(23-3)19(17)29-21/h6-12H,2-5H2,(H,28,34)(H,29,30)(H,27,31,32);5-12H,4H2,1-2H3,(H,28,33)(H,29,30)(H,27,31,32);4-11H,2-3H2,(H,27,32)(H,28,29)(H,26,30,31);4-11H,1-2H3,(H,27,32)(H,28,29)(H,26,30,31). The highest BCUT2D eigenvalue weighted by Crippen LogP contribution is 2.39. The summed E-state index contributed by atoms with van der Waals surface area (Å²) in [6.45, 7) is 39.1. The van der Waals surface area contributed by atoms with Crippen LogP contribution < -0.4 is 21.3 Å². The highest BCUT2D eigenvalue weighted by Gasteiger charge is 2.30. The average molecular weight is 1750 g/mol. The number of fused-ring (bicyclic) bond motifs is 8. The Labute approximate surface area is 744 Å². The fourth-order valence-corrected chi connectivity index (χ4v) is 14.5. The molecule has 132 heavy (non-hydrogen) atoms. The molecule has 21 heterocycles. The van der Waals surface area contributed by atoms with Gasteiger partial charge in [0.2, 0.25) is 40.5 Å². The Bertz CT molecular complexity index is 7890. The third-order valence-corrected chi connectivity index (χ3v) is 21.3. The van der Waals surface area contributed by atoms with Crippen LogP contribution in [0.25, 0.3) is 198 Å². The molecule has 20 aromatic heterocycles. The number of anilines is 4. The third kappa shape index (κ3) is 17.2. The van der Waals surface area contributed by atoms with E-state index in [1.165, 1.54) is 24.8 Å². The molecule has 1 aliphatic carbocycles. The number of aromatic amines is 8. The van der Waals surface area contributed by atoms with Crippen molar-refractivity contribution in [3.63, 3.8) is 0 Å². The van der Waals surface area contributed by atoms with Crippen molar-refractivity contribution < 1.29 is 23.9 Å². The highest BCUT2D eigenvalue weighted by molar-refractivity contribution is 6.03. The number of imidazole rings is 4. The van der Waals surface area contributed by atoms with Crippen molar-refractivity contribution in [3.8, 4) is 90.6 Å². The van der Waals surface area contributed by atoms with Gasteiger partial charge in [0.1, 0.15) is 22.8 Å². The first-order valence-corrected chi connectivity index (χ1v) is 41.0. The van der Waals surface area contributed by atoms with Crippen LogP contribution in [0, 0.1) is 44.0 Å². The van der Waals surface area contributed by atoms with Crippen LogP contribution in [0.2, 0.25) is 0 Å². The van der Waals surface area contributed by atoms with Crippen molar-refractivity contribution in [1.29, 1.82) is 0 Å². The molecule has 0 atom stereocenters. The van der Waals surface area contributed by atoms with Crippen molar-refractivity contribution in [2.45, 2.75) is 47.0 Å². The number of rotatable bonds is 16. The molecule has 22 rings (SSSR count). The van der Waals surface area contributed by atoms with Gasteiger partial charge in [0.05, 0.1) is 153 Å². The number of amides is 5. The lowest BCUT2D eigenvalue weighted by Gasteiger charge is -2.26. The maximum atomic E-state index is 12.6. The molecule has 42 nitrogen and oxygen atoms in total. The Hall–Kier alpha value is -18.8. The summed E-state index contributed by atoms with van der Waals surface area (Å²) < 4.78 is 5.30. The Morgan fingerprint density at radius 2 is 0.689 bits per heavy atom. The molecular formula is C90H69N37O5. The van der Waals surface area contributed by atoms with E-state index in [0.29, 0.717) is 191 Å². The van der Waals surface area contributed by atoms with E-state index in [1.54, 1.807) is 104 Å². The summed E-state index contributed by atoms with van der Waals surface area (Å²) in [6, 6.07) is 15.0. The number of ether oxygens (including phenoxy) is 1. The van der Waals surface area contributed by atoms with E-state index >= 15 is 0 Å². The third-order valence-electron chi connectivity index (χ3n) is 21.3. The lowest BCUT2D eigenvalue weighted by atomic mass is 10.1. The molecule has 644 valence electrons. The zero-order chi connectivity index (χ0) is 90.6. The average Bonchev–Trinajstić information content (AvgIpc) is 1.67. The Balaban J connectivity index is 0.000000114. The maximum Gasteiger partial charge on any atom is 0.322 e. The minimum Gasteiger partial charge on any atom is -0.378 e. The molecule has 0 radical (unpaired) electrons. The summed E-state index contributed by atoms with van der Waals surface area (Å²) in [7, 11) is 0. The van der Waals surface area contributed by atoms with Crippen molar-refractivity contribution in [1.82, 2.24) is 145 Å². The van der Waals surface area contributed by atoms with E-state index in [4.69, 9.17) is 31.0 Å². The Kier molecular flexibility index (Phi) is 22.4. The van der Waals surface area contributed by atoms with Gasteiger partial charge in [-0.25, -0.2) is 64.0 Å². The summed E-state index contributed by atoms with van der Waals surface area (Å²) >= 11 is 0. The summed E-state index contributed by atoms with van der Waals surface area (Å²) in [6.07, 6.45) is 35.0. The predicted molar refractivity (Wildman–Crippen MR) is 489 cm³/mol. The number of aromatic nitrogens is 28. The number of nitrogens with one attached hydrogen (secondary N) is 12. The number of H-pyrrole nitrogens is 8. The molecule has 1 aliphatic heterocycles. The molecule has 1 saturated heterocycles. The molecule has 42 heteroatoms. The summed E-state index contributed by atoms with van der Waals surface area (Å²) in [5, 5.41) is 43.7. The monoisotopic (exact) mass is 1750 g/mol. The van der Waals surface area contributed by atoms with Gasteiger partial charge >= 0.3 is 6.03 Å². The Morgan fingerprint density at radius 3 is 1.00 bits per heavy atom. The largest absolute Gasteiger partial charge is 0.378 e. The van der Waals surface area contributed by atoms with Crippen LogP contribution in [0.15, 0.2) is 172 Å². The molecule has 2 aliphatic rings. The van der Waals surface area contributed by atoms with Gasteiger partial charge in [-0.1, -0.05) is 27.7 Å². The molecule has 12 N–H and O–H groups in total. The van der Waals surface area contributed by atoms with E-state index < -0.39 is 0 Å². The van der Waals surface area contributed by atoms with Gasteiger partial charge in [-0.05, 0) is 67.3 Å². The van der Waals surface area contributed by atoms with Crippen LogP contribution in [0.3, 0.4) is 0 Å². The second-order valence-corrected chi connectivity index (χ2v) is 31.2. The molecule has 20 aromatic rings. The van der Waals surface area contributed by atoms with Gasteiger partial charge in [-0.3, -0.25) is 74.7 Å². The van der Waals surface area contributed by atoms with Crippen molar-refractivity contribution >= 4 is 158 Å². The second kappa shape index (κ2) is 35.7. The van der Waals surface area contributed by atoms with E-state index in [2.05, 4.69) is 181 Å². The summed E-state index contributed by atoms with van der Waals surface area (Å²) in [5.74, 6) is 2.32.